The molecule has 5 rings (SSSR count). The summed E-state index contributed by atoms with van der Waals surface area (Å²) in [6.07, 6.45) is 0. The van der Waals surface area contributed by atoms with Crippen molar-refractivity contribution in [3.8, 4) is 5.75 Å². The third-order valence-electron chi connectivity index (χ3n) is 5.85. The van der Waals surface area contributed by atoms with Crippen LogP contribution < -0.4 is 15.0 Å². The third-order valence-corrected chi connectivity index (χ3v) is 7.27. The Balaban J connectivity index is 1.50. The molecule has 0 aromatic heterocycles. The van der Waals surface area contributed by atoms with Gasteiger partial charge >= 0.3 is 6.03 Å². The van der Waals surface area contributed by atoms with Gasteiger partial charge in [0.15, 0.2) is 4.87 Å². The predicted molar refractivity (Wildman–Crippen MR) is 127 cm³/mol. The van der Waals surface area contributed by atoms with E-state index in [2.05, 4.69) is 5.32 Å². The Morgan fingerprint density at radius 3 is 2.66 bits per heavy atom. The van der Waals surface area contributed by atoms with E-state index in [1.807, 2.05) is 78.9 Å². The van der Waals surface area contributed by atoms with Crippen molar-refractivity contribution in [3.05, 3.63) is 90.0 Å². The first-order valence-electron chi connectivity index (χ1n) is 10.5. The fourth-order valence-corrected chi connectivity index (χ4v) is 5.85. The van der Waals surface area contributed by atoms with Gasteiger partial charge in [-0.3, -0.25) is 9.69 Å². The molecule has 1 spiro atoms. The zero-order chi connectivity index (χ0) is 22.1. The minimum Gasteiger partial charge on any atom is -0.497 e. The van der Waals surface area contributed by atoms with Crippen molar-refractivity contribution in [2.24, 2.45) is 0 Å². The number of hydrogen-bond donors (Lipinski definition) is 1. The van der Waals surface area contributed by atoms with E-state index < -0.39 is 4.87 Å². The van der Waals surface area contributed by atoms with E-state index in [-0.39, 0.29) is 11.9 Å². The van der Waals surface area contributed by atoms with Gasteiger partial charge in [-0.2, -0.15) is 0 Å². The number of urea groups is 1. The van der Waals surface area contributed by atoms with Crippen molar-refractivity contribution >= 4 is 35.1 Å². The average Bonchev–Trinajstić information content (AvgIpc) is 3.37. The minimum atomic E-state index is -1.06. The zero-order valence-corrected chi connectivity index (χ0v) is 18.5. The van der Waals surface area contributed by atoms with Crippen molar-refractivity contribution in [2.45, 2.75) is 11.4 Å². The quantitative estimate of drug-likeness (QED) is 0.634. The van der Waals surface area contributed by atoms with Crippen molar-refractivity contribution in [3.63, 3.8) is 0 Å². The van der Waals surface area contributed by atoms with Crippen LogP contribution in [0.4, 0.5) is 16.2 Å². The first-order chi connectivity index (χ1) is 15.6. The number of rotatable bonds is 4. The summed E-state index contributed by atoms with van der Waals surface area (Å²) in [5.74, 6) is 1.35. The Kier molecular flexibility index (Phi) is 5.27. The second-order valence-electron chi connectivity index (χ2n) is 7.70. The van der Waals surface area contributed by atoms with Crippen LogP contribution in [-0.4, -0.2) is 36.2 Å². The monoisotopic (exact) mass is 445 g/mol. The van der Waals surface area contributed by atoms with Crippen LogP contribution in [-0.2, 0) is 16.2 Å². The van der Waals surface area contributed by atoms with Gasteiger partial charge in [-0.15, -0.1) is 11.8 Å². The van der Waals surface area contributed by atoms with Crippen LogP contribution in [0.1, 0.15) is 11.1 Å². The van der Waals surface area contributed by atoms with Crippen LogP contribution in [0.15, 0.2) is 78.9 Å². The Morgan fingerprint density at radius 1 is 1.06 bits per heavy atom. The number of hydrogen-bond acceptors (Lipinski definition) is 4. The van der Waals surface area contributed by atoms with E-state index >= 15 is 0 Å². The molecule has 32 heavy (non-hydrogen) atoms. The minimum absolute atomic E-state index is 0.0905. The van der Waals surface area contributed by atoms with Gasteiger partial charge in [-0.05, 0) is 35.9 Å². The highest BCUT2D eigenvalue weighted by Gasteiger charge is 2.59. The highest BCUT2D eigenvalue weighted by Crippen LogP contribution is 2.54. The average molecular weight is 446 g/mol. The summed E-state index contributed by atoms with van der Waals surface area (Å²) in [7, 11) is 1.63. The lowest BCUT2D eigenvalue weighted by molar-refractivity contribution is -0.123. The molecular weight excluding hydrogens is 422 g/mol. The standard InChI is InChI=1S/C25H23N3O3S/c1-31-20-11-7-8-18(16-20)17-27-22-13-6-5-12-21(22)25(23(27)29)28(14-15-32-25)24(30)26-19-9-3-2-4-10-19/h2-13,16H,14-15,17H2,1H3,(H,26,30). The number of amides is 3. The molecule has 1 saturated heterocycles. The summed E-state index contributed by atoms with van der Waals surface area (Å²) in [6, 6.07) is 24.5. The molecule has 2 heterocycles. The molecule has 0 bridgehead atoms. The smallest absolute Gasteiger partial charge is 0.323 e. The second kappa shape index (κ2) is 8.24. The van der Waals surface area contributed by atoms with Gasteiger partial charge in [-0.25, -0.2) is 4.79 Å². The maximum Gasteiger partial charge on any atom is 0.323 e. The lowest BCUT2D eigenvalue weighted by atomic mass is 10.1. The number of methoxy groups -OCH3 is 1. The fourth-order valence-electron chi connectivity index (χ4n) is 4.39. The maximum absolute atomic E-state index is 14.0. The van der Waals surface area contributed by atoms with E-state index in [0.29, 0.717) is 24.5 Å². The van der Waals surface area contributed by atoms with Gasteiger partial charge in [0.05, 0.1) is 19.3 Å². The van der Waals surface area contributed by atoms with Crippen molar-refractivity contribution in [1.82, 2.24) is 4.90 Å². The Hall–Kier alpha value is -3.45. The van der Waals surface area contributed by atoms with Gasteiger partial charge in [0, 0.05) is 23.5 Å². The number of ether oxygens (including phenoxy) is 1. The number of nitrogens with zero attached hydrogens (tertiary/aromatic N) is 2. The molecule has 6 nitrogen and oxygen atoms in total. The number of thioether (sulfide) groups is 1. The zero-order valence-electron chi connectivity index (χ0n) is 17.7. The van der Waals surface area contributed by atoms with Crippen LogP contribution >= 0.6 is 11.8 Å². The molecule has 162 valence electrons. The van der Waals surface area contributed by atoms with Gasteiger partial charge in [0.25, 0.3) is 5.91 Å². The summed E-state index contributed by atoms with van der Waals surface area (Å²) in [5.41, 5.74) is 3.37. The molecule has 2 aliphatic rings. The van der Waals surface area contributed by atoms with E-state index in [0.717, 1.165) is 22.6 Å². The van der Waals surface area contributed by atoms with Crippen molar-refractivity contribution in [2.75, 3.05) is 29.6 Å². The van der Waals surface area contributed by atoms with Crippen LogP contribution in [0.2, 0.25) is 0 Å². The normalized spacial score (nSPS) is 19.3. The van der Waals surface area contributed by atoms with Crippen molar-refractivity contribution < 1.29 is 14.3 Å². The molecule has 0 radical (unpaired) electrons. The molecule has 3 aromatic rings. The SMILES string of the molecule is COc1cccc(CN2C(=O)C3(SCCN3C(=O)Nc3ccccc3)c3ccccc32)c1. The number of fused-ring (bicyclic) bond motifs is 2. The molecule has 1 atom stereocenters. The van der Waals surface area contributed by atoms with E-state index in [1.54, 1.807) is 16.9 Å². The molecule has 1 N–H and O–H groups in total. The lowest BCUT2D eigenvalue weighted by Gasteiger charge is -2.33. The van der Waals surface area contributed by atoms with Crippen LogP contribution in [0, 0.1) is 0 Å². The Morgan fingerprint density at radius 2 is 1.84 bits per heavy atom. The second-order valence-corrected chi connectivity index (χ2v) is 8.99. The summed E-state index contributed by atoms with van der Waals surface area (Å²) >= 11 is 1.52. The van der Waals surface area contributed by atoms with Gasteiger partial charge < -0.3 is 15.0 Å². The number of nitrogens with one attached hydrogen (secondary N) is 1. The van der Waals surface area contributed by atoms with Crippen LogP contribution in [0.3, 0.4) is 0 Å². The molecule has 7 heteroatoms. The molecule has 2 aliphatic heterocycles. The molecule has 1 fully saturated rings. The van der Waals surface area contributed by atoms with Gasteiger partial charge in [-0.1, -0.05) is 48.5 Å². The summed E-state index contributed by atoms with van der Waals surface area (Å²) in [5, 5.41) is 2.95. The highest BCUT2D eigenvalue weighted by molar-refractivity contribution is 8.01. The first-order valence-corrected chi connectivity index (χ1v) is 11.4. The summed E-state index contributed by atoms with van der Waals surface area (Å²) < 4.78 is 5.35. The molecule has 0 aliphatic carbocycles. The van der Waals surface area contributed by atoms with E-state index in [4.69, 9.17) is 4.74 Å². The summed E-state index contributed by atoms with van der Waals surface area (Å²) in [4.78, 5) is 29.7. The number of carbonyl (C=O) groups excluding carboxylic acids is 2. The molecular formula is C25H23N3O3S. The maximum atomic E-state index is 14.0. The van der Waals surface area contributed by atoms with Crippen molar-refractivity contribution in [1.29, 1.82) is 0 Å². The summed E-state index contributed by atoms with van der Waals surface area (Å²) in [6.45, 7) is 0.903. The largest absolute Gasteiger partial charge is 0.497 e. The van der Waals surface area contributed by atoms with Crippen LogP contribution in [0.5, 0.6) is 5.75 Å². The first kappa shape index (κ1) is 20.5. The molecule has 0 saturated carbocycles. The Bertz CT molecular complexity index is 1170. The number of anilines is 2. The van der Waals surface area contributed by atoms with E-state index in [1.165, 1.54) is 11.8 Å². The number of benzene rings is 3. The molecule has 1 unspecified atom stereocenters. The molecule has 3 amide bonds. The van der Waals surface area contributed by atoms with E-state index in [9.17, 15) is 9.59 Å². The molecule has 3 aromatic carbocycles. The van der Waals surface area contributed by atoms with Gasteiger partial charge in [0.1, 0.15) is 5.75 Å². The number of carbonyl (C=O) groups is 2. The lowest BCUT2D eigenvalue weighted by Crippen LogP contribution is -2.51. The number of para-hydroxylation sites is 2. The predicted octanol–water partition coefficient (Wildman–Crippen LogP) is 4.68. The topological polar surface area (TPSA) is 61.9 Å². The fraction of sp³-hybridized carbons (Fsp3) is 0.200. The Labute approximate surface area is 191 Å². The highest BCUT2D eigenvalue weighted by atomic mass is 32.2. The van der Waals surface area contributed by atoms with Crippen LogP contribution in [0.25, 0.3) is 0 Å². The van der Waals surface area contributed by atoms with Gasteiger partial charge in [0.2, 0.25) is 0 Å². The third kappa shape index (κ3) is 3.29.